The molecule has 0 aliphatic carbocycles. The van der Waals surface area contributed by atoms with Gasteiger partial charge >= 0.3 is 0 Å². The minimum atomic E-state index is 0.652. The van der Waals surface area contributed by atoms with E-state index in [-0.39, 0.29) is 0 Å². The number of hydrogen-bond donors (Lipinski definition) is 1. The molecule has 0 unspecified atom stereocenters. The van der Waals surface area contributed by atoms with E-state index < -0.39 is 0 Å². The van der Waals surface area contributed by atoms with Crippen LogP contribution in [0.3, 0.4) is 0 Å². The SMILES string of the molecule is Clc1cc(-c2csc(Nc3ccccn3)n2)c(Cl)s1. The summed E-state index contributed by atoms with van der Waals surface area (Å²) in [5.74, 6) is 0.762. The van der Waals surface area contributed by atoms with Crippen LogP contribution in [-0.4, -0.2) is 9.97 Å². The second-order valence-electron chi connectivity index (χ2n) is 3.62. The number of pyridine rings is 1. The molecule has 0 saturated heterocycles. The summed E-state index contributed by atoms with van der Waals surface area (Å²) in [5, 5.41) is 5.85. The molecule has 3 rings (SSSR count). The molecule has 96 valence electrons. The summed E-state index contributed by atoms with van der Waals surface area (Å²) in [4.78, 5) is 8.67. The van der Waals surface area contributed by atoms with E-state index in [0.29, 0.717) is 8.67 Å². The average Bonchev–Trinajstić information content (AvgIpc) is 2.97. The van der Waals surface area contributed by atoms with Gasteiger partial charge in [0.25, 0.3) is 0 Å². The van der Waals surface area contributed by atoms with E-state index in [9.17, 15) is 0 Å². The third-order valence-electron chi connectivity index (χ3n) is 2.34. The number of nitrogens with one attached hydrogen (secondary N) is 1. The predicted molar refractivity (Wildman–Crippen MR) is 83.0 cm³/mol. The van der Waals surface area contributed by atoms with Gasteiger partial charge < -0.3 is 5.32 Å². The number of halogens is 2. The van der Waals surface area contributed by atoms with Gasteiger partial charge in [-0.1, -0.05) is 29.3 Å². The number of aromatic nitrogens is 2. The summed E-state index contributed by atoms with van der Waals surface area (Å²) in [5.41, 5.74) is 1.68. The molecule has 0 amide bonds. The van der Waals surface area contributed by atoms with Crippen molar-refractivity contribution in [2.24, 2.45) is 0 Å². The third kappa shape index (κ3) is 2.90. The predicted octanol–water partition coefficient (Wildman–Crippen LogP) is 5.32. The zero-order valence-corrected chi connectivity index (χ0v) is 12.6. The van der Waals surface area contributed by atoms with E-state index in [4.69, 9.17) is 23.2 Å². The highest BCUT2D eigenvalue weighted by Crippen LogP contribution is 2.39. The van der Waals surface area contributed by atoms with Gasteiger partial charge in [-0.25, -0.2) is 9.97 Å². The molecule has 0 aliphatic rings. The highest BCUT2D eigenvalue weighted by atomic mass is 35.5. The number of nitrogens with zero attached hydrogens (tertiary/aromatic N) is 2. The van der Waals surface area contributed by atoms with Gasteiger partial charge in [0, 0.05) is 17.1 Å². The zero-order valence-electron chi connectivity index (χ0n) is 9.43. The molecule has 0 aromatic carbocycles. The van der Waals surface area contributed by atoms with Crippen molar-refractivity contribution >= 4 is 56.8 Å². The molecule has 0 radical (unpaired) electrons. The fourth-order valence-electron chi connectivity index (χ4n) is 1.52. The van der Waals surface area contributed by atoms with Gasteiger partial charge in [0.1, 0.15) is 10.2 Å². The maximum absolute atomic E-state index is 6.11. The van der Waals surface area contributed by atoms with Crippen molar-refractivity contribution in [2.45, 2.75) is 0 Å². The molecule has 3 aromatic rings. The fraction of sp³-hybridized carbons (Fsp3) is 0. The van der Waals surface area contributed by atoms with Gasteiger partial charge in [-0.3, -0.25) is 0 Å². The third-order valence-corrected chi connectivity index (χ3v) is 4.58. The Bertz CT molecular complexity index is 694. The first-order valence-corrected chi connectivity index (χ1v) is 7.76. The Balaban J connectivity index is 1.86. The lowest BCUT2D eigenvalue weighted by atomic mass is 10.3. The summed E-state index contributed by atoms with van der Waals surface area (Å²) in [6, 6.07) is 7.49. The van der Waals surface area contributed by atoms with E-state index in [0.717, 1.165) is 22.2 Å². The topological polar surface area (TPSA) is 37.8 Å². The standard InChI is InChI=1S/C12H7Cl2N3S2/c13-9-5-7(11(14)19-9)8-6-18-12(16-8)17-10-3-1-2-4-15-10/h1-6H,(H,15,16,17). The van der Waals surface area contributed by atoms with Gasteiger partial charge in [-0.2, -0.15) is 0 Å². The van der Waals surface area contributed by atoms with Crippen molar-refractivity contribution in [1.82, 2.24) is 9.97 Å². The minimum Gasteiger partial charge on any atom is -0.316 e. The molecule has 3 heterocycles. The van der Waals surface area contributed by atoms with Crippen LogP contribution in [0, 0.1) is 0 Å². The molecule has 0 saturated carbocycles. The molecule has 0 fully saturated rings. The lowest BCUT2D eigenvalue weighted by Crippen LogP contribution is -1.91. The Kier molecular flexibility index (Phi) is 3.70. The molecular formula is C12H7Cl2N3S2. The van der Waals surface area contributed by atoms with Crippen molar-refractivity contribution in [3.63, 3.8) is 0 Å². The number of hydrogen-bond acceptors (Lipinski definition) is 5. The Morgan fingerprint density at radius 3 is 2.79 bits per heavy atom. The van der Waals surface area contributed by atoms with Crippen molar-refractivity contribution in [3.05, 3.63) is 44.5 Å². The lowest BCUT2D eigenvalue weighted by Gasteiger charge is -1.99. The summed E-state index contributed by atoms with van der Waals surface area (Å²) in [6.45, 7) is 0. The monoisotopic (exact) mass is 327 g/mol. The minimum absolute atomic E-state index is 0.652. The second kappa shape index (κ2) is 5.46. The summed E-state index contributed by atoms with van der Waals surface area (Å²) < 4.78 is 1.31. The van der Waals surface area contributed by atoms with Crippen molar-refractivity contribution in [2.75, 3.05) is 5.32 Å². The van der Waals surface area contributed by atoms with Crippen LogP contribution in [0.25, 0.3) is 11.3 Å². The van der Waals surface area contributed by atoms with E-state index in [1.165, 1.54) is 22.7 Å². The number of rotatable bonds is 3. The van der Waals surface area contributed by atoms with Gasteiger partial charge in [0.05, 0.1) is 10.0 Å². The second-order valence-corrected chi connectivity index (χ2v) is 6.76. The Morgan fingerprint density at radius 2 is 2.11 bits per heavy atom. The van der Waals surface area contributed by atoms with Gasteiger partial charge in [0.2, 0.25) is 0 Å². The average molecular weight is 328 g/mol. The van der Waals surface area contributed by atoms with Gasteiger partial charge in [-0.15, -0.1) is 22.7 Å². The van der Waals surface area contributed by atoms with Crippen molar-refractivity contribution < 1.29 is 0 Å². The molecule has 0 atom stereocenters. The number of anilines is 2. The molecule has 0 aliphatic heterocycles. The lowest BCUT2D eigenvalue weighted by molar-refractivity contribution is 1.29. The van der Waals surface area contributed by atoms with E-state index >= 15 is 0 Å². The molecule has 3 aromatic heterocycles. The van der Waals surface area contributed by atoms with Crippen LogP contribution in [0.4, 0.5) is 10.9 Å². The van der Waals surface area contributed by atoms with Crippen LogP contribution in [0.1, 0.15) is 0 Å². The zero-order chi connectivity index (χ0) is 13.2. The smallest absolute Gasteiger partial charge is 0.188 e. The van der Waals surface area contributed by atoms with E-state index in [1.807, 2.05) is 29.6 Å². The first kappa shape index (κ1) is 12.9. The first-order chi connectivity index (χ1) is 9.22. The highest BCUT2D eigenvalue weighted by molar-refractivity contribution is 7.20. The molecule has 1 N–H and O–H groups in total. The molecule has 3 nitrogen and oxygen atoms in total. The summed E-state index contributed by atoms with van der Waals surface area (Å²) in [6.07, 6.45) is 1.73. The molecule has 7 heteroatoms. The van der Waals surface area contributed by atoms with Crippen molar-refractivity contribution in [3.8, 4) is 11.3 Å². The van der Waals surface area contributed by atoms with Gasteiger partial charge in [-0.05, 0) is 18.2 Å². The van der Waals surface area contributed by atoms with Crippen LogP contribution < -0.4 is 5.32 Å². The molecule has 0 spiro atoms. The largest absolute Gasteiger partial charge is 0.316 e. The van der Waals surface area contributed by atoms with Crippen molar-refractivity contribution in [1.29, 1.82) is 0 Å². The number of thiazole rings is 1. The first-order valence-electron chi connectivity index (χ1n) is 5.31. The van der Waals surface area contributed by atoms with Crippen LogP contribution in [0.5, 0.6) is 0 Å². The van der Waals surface area contributed by atoms with Gasteiger partial charge in [0.15, 0.2) is 5.13 Å². The fourth-order valence-corrected chi connectivity index (χ4v) is 3.71. The maximum atomic E-state index is 6.11. The Labute approximate surface area is 127 Å². The normalized spacial score (nSPS) is 10.6. The van der Waals surface area contributed by atoms with Crippen LogP contribution >= 0.6 is 45.9 Å². The van der Waals surface area contributed by atoms with Crippen LogP contribution in [-0.2, 0) is 0 Å². The summed E-state index contributed by atoms with van der Waals surface area (Å²) >= 11 is 14.9. The quantitative estimate of drug-likeness (QED) is 0.707. The highest BCUT2D eigenvalue weighted by Gasteiger charge is 2.12. The summed E-state index contributed by atoms with van der Waals surface area (Å²) in [7, 11) is 0. The van der Waals surface area contributed by atoms with Crippen LogP contribution in [0.2, 0.25) is 8.67 Å². The molecular weight excluding hydrogens is 321 g/mol. The molecule has 0 bridgehead atoms. The van der Waals surface area contributed by atoms with Crippen LogP contribution in [0.15, 0.2) is 35.8 Å². The number of thiophene rings is 1. The molecule has 19 heavy (non-hydrogen) atoms. The Hall–Kier alpha value is -1.14. The maximum Gasteiger partial charge on any atom is 0.188 e. The Morgan fingerprint density at radius 1 is 1.21 bits per heavy atom. The van der Waals surface area contributed by atoms with E-state index in [1.54, 1.807) is 6.20 Å². The van der Waals surface area contributed by atoms with E-state index in [2.05, 4.69) is 15.3 Å².